The van der Waals surface area contributed by atoms with Gasteiger partial charge in [-0.1, -0.05) is 13.8 Å². The van der Waals surface area contributed by atoms with Crippen LogP contribution in [0, 0.1) is 11.8 Å². The molecule has 3 unspecified atom stereocenters. The quantitative estimate of drug-likeness (QED) is 0.681. The van der Waals surface area contributed by atoms with E-state index in [2.05, 4.69) is 0 Å². The average molecular weight is 258 g/mol. The molecule has 0 amide bonds. The topological polar surface area (TPSA) is 20.2 Å². The number of rotatable bonds is 7. The van der Waals surface area contributed by atoms with Crippen LogP contribution in [0.5, 0.6) is 0 Å². The molecule has 0 bridgehead atoms. The number of halogens is 4. The van der Waals surface area contributed by atoms with Crippen molar-refractivity contribution in [2.24, 2.45) is 11.8 Å². The molecule has 0 aliphatic carbocycles. The van der Waals surface area contributed by atoms with Gasteiger partial charge in [-0.15, -0.1) is 0 Å². The van der Waals surface area contributed by atoms with E-state index >= 15 is 0 Å². The average Bonchev–Trinajstić information content (AvgIpc) is 2.11. The van der Waals surface area contributed by atoms with Crippen LogP contribution in [0.15, 0.2) is 0 Å². The van der Waals surface area contributed by atoms with E-state index in [0.717, 1.165) is 6.42 Å². The van der Waals surface area contributed by atoms with Crippen molar-refractivity contribution in [2.75, 3.05) is 6.61 Å². The lowest BCUT2D eigenvalue weighted by molar-refractivity contribution is -0.229. The highest BCUT2D eigenvalue weighted by molar-refractivity contribution is 4.84. The van der Waals surface area contributed by atoms with Gasteiger partial charge in [-0.25, -0.2) is 4.39 Å². The van der Waals surface area contributed by atoms with Gasteiger partial charge < -0.3 is 5.11 Å². The van der Waals surface area contributed by atoms with Crippen LogP contribution in [0.3, 0.4) is 0 Å². The first kappa shape index (κ1) is 16.7. The third kappa shape index (κ3) is 6.24. The van der Waals surface area contributed by atoms with Crippen LogP contribution in [-0.4, -0.2) is 23.6 Å². The summed E-state index contributed by atoms with van der Waals surface area (Å²) in [4.78, 5) is 0. The van der Waals surface area contributed by atoms with E-state index in [-0.39, 0.29) is 18.4 Å². The van der Waals surface area contributed by atoms with Crippen LogP contribution < -0.4 is 0 Å². The van der Waals surface area contributed by atoms with Gasteiger partial charge in [0.15, 0.2) is 0 Å². The SMILES string of the molecule is CC(CCCO)CC(C)CC(C)(F)C(F)(F)F. The first-order valence-electron chi connectivity index (χ1n) is 5.96. The van der Waals surface area contributed by atoms with Gasteiger partial charge in [-0.3, -0.25) is 0 Å². The van der Waals surface area contributed by atoms with Gasteiger partial charge in [-0.05, 0) is 44.4 Å². The molecule has 3 atom stereocenters. The van der Waals surface area contributed by atoms with E-state index in [1.54, 1.807) is 6.92 Å². The largest absolute Gasteiger partial charge is 0.422 e. The Labute approximate surface area is 100 Å². The lowest BCUT2D eigenvalue weighted by Gasteiger charge is -2.27. The Bertz CT molecular complexity index is 213. The first-order valence-corrected chi connectivity index (χ1v) is 5.96. The third-order valence-electron chi connectivity index (χ3n) is 2.98. The summed E-state index contributed by atoms with van der Waals surface area (Å²) in [5.41, 5.74) is -3.11. The number of aliphatic hydroxyl groups is 1. The van der Waals surface area contributed by atoms with Gasteiger partial charge in [-0.2, -0.15) is 13.2 Å². The van der Waals surface area contributed by atoms with Crippen molar-refractivity contribution in [3.63, 3.8) is 0 Å². The standard InChI is InChI=1S/C12H22F4O/c1-9(5-4-6-17)7-10(2)8-11(3,13)12(14,15)16/h9-10,17H,4-8H2,1-3H3. The third-order valence-corrected chi connectivity index (χ3v) is 2.98. The lowest BCUT2D eigenvalue weighted by atomic mass is 9.86. The lowest BCUT2D eigenvalue weighted by Crippen LogP contribution is -2.39. The van der Waals surface area contributed by atoms with Gasteiger partial charge in [0.05, 0.1) is 0 Å². The molecule has 17 heavy (non-hydrogen) atoms. The van der Waals surface area contributed by atoms with E-state index in [1.807, 2.05) is 6.92 Å². The maximum Gasteiger partial charge on any atom is 0.422 e. The molecular weight excluding hydrogens is 236 g/mol. The van der Waals surface area contributed by atoms with Gasteiger partial charge in [0, 0.05) is 6.61 Å². The molecular formula is C12H22F4O. The molecule has 0 radical (unpaired) electrons. The number of hydrogen-bond donors (Lipinski definition) is 1. The maximum absolute atomic E-state index is 13.4. The van der Waals surface area contributed by atoms with Crippen molar-refractivity contribution >= 4 is 0 Å². The highest BCUT2D eigenvalue weighted by atomic mass is 19.4. The summed E-state index contributed by atoms with van der Waals surface area (Å²) in [5, 5.41) is 8.63. The smallest absolute Gasteiger partial charge is 0.396 e. The Morgan fingerprint density at radius 3 is 2.00 bits per heavy atom. The predicted molar refractivity (Wildman–Crippen MR) is 59.4 cm³/mol. The summed E-state index contributed by atoms with van der Waals surface area (Å²) < 4.78 is 50.4. The Morgan fingerprint density at radius 2 is 1.59 bits per heavy atom. The molecule has 0 saturated heterocycles. The summed E-state index contributed by atoms with van der Waals surface area (Å²) in [7, 11) is 0. The molecule has 0 aromatic heterocycles. The van der Waals surface area contributed by atoms with Crippen LogP contribution in [-0.2, 0) is 0 Å². The van der Waals surface area contributed by atoms with Crippen LogP contribution in [0.25, 0.3) is 0 Å². The predicted octanol–water partition coefficient (Wildman–Crippen LogP) is 4.10. The summed E-state index contributed by atoms with van der Waals surface area (Å²) in [6.45, 7) is 4.23. The van der Waals surface area contributed by atoms with Crippen molar-refractivity contribution in [3.8, 4) is 0 Å². The highest BCUT2D eigenvalue weighted by Gasteiger charge is 2.52. The van der Waals surface area contributed by atoms with Crippen molar-refractivity contribution in [1.29, 1.82) is 0 Å². The molecule has 1 nitrogen and oxygen atoms in total. The Hall–Kier alpha value is -0.320. The van der Waals surface area contributed by atoms with Crippen molar-refractivity contribution in [2.45, 2.75) is 58.3 Å². The van der Waals surface area contributed by atoms with E-state index < -0.39 is 18.3 Å². The summed E-state index contributed by atoms with van der Waals surface area (Å²) in [5.74, 6) is -0.110. The van der Waals surface area contributed by atoms with Gasteiger partial charge in [0.25, 0.3) is 0 Å². The minimum Gasteiger partial charge on any atom is -0.396 e. The van der Waals surface area contributed by atoms with Crippen molar-refractivity contribution in [3.05, 3.63) is 0 Å². The summed E-state index contributed by atoms with van der Waals surface area (Å²) >= 11 is 0. The van der Waals surface area contributed by atoms with E-state index in [1.165, 1.54) is 0 Å². The molecule has 0 rings (SSSR count). The van der Waals surface area contributed by atoms with E-state index in [4.69, 9.17) is 5.11 Å². The fourth-order valence-electron chi connectivity index (χ4n) is 2.10. The van der Waals surface area contributed by atoms with Crippen LogP contribution in [0.4, 0.5) is 17.6 Å². The zero-order valence-electron chi connectivity index (χ0n) is 10.6. The molecule has 0 fully saturated rings. The molecule has 0 spiro atoms. The second-order valence-corrected chi connectivity index (χ2v) is 5.21. The number of alkyl halides is 4. The van der Waals surface area contributed by atoms with Gasteiger partial charge in [0.2, 0.25) is 5.67 Å². The van der Waals surface area contributed by atoms with Gasteiger partial charge >= 0.3 is 6.18 Å². The molecule has 0 heterocycles. The minimum absolute atomic E-state index is 0.0854. The van der Waals surface area contributed by atoms with Crippen LogP contribution in [0.1, 0.15) is 46.5 Å². The normalized spacial score (nSPS) is 19.8. The first-order chi connectivity index (χ1) is 7.60. The summed E-state index contributed by atoms with van der Waals surface area (Å²) in [6, 6.07) is 0. The molecule has 0 aromatic rings. The van der Waals surface area contributed by atoms with Gasteiger partial charge in [0.1, 0.15) is 0 Å². The Morgan fingerprint density at radius 1 is 1.06 bits per heavy atom. The van der Waals surface area contributed by atoms with Crippen LogP contribution >= 0.6 is 0 Å². The molecule has 104 valence electrons. The van der Waals surface area contributed by atoms with Crippen molar-refractivity contribution in [1.82, 2.24) is 0 Å². The molecule has 0 aliphatic rings. The highest BCUT2D eigenvalue weighted by Crippen LogP contribution is 2.39. The maximum atomic E-state index is 13.4. The zero-order chi connectivity index (χ0) is 13.7. The number of aliphatic hydroxyl groups excluding tert-OH is 1. The van der Waals surface area contributed by atoms with E-state index in [9.17, 15) is 17.6 Å². The van der Waals surface area contributed by atoms with Crippen molar-refractivity contribution < 1.29 is 22.7 Å². The zero-order valence-corrected chi connectivity index (χ0v) is 10.6. The Kier molecular flexibility index (Phi) is 6.45. The Balaban J connectivity index is 4.13. The monoisotopic (exact) mass is 258 g/mol. The molecule has 0 aromatic carbocycles. The second-order valence-electron chi connectivity index (χ2n) is 5.21. The fourth-order valence-corrected chi connectivity index (χ4v) is 2.10. The van der Waals surface area contributed by atoms with Crippen LogP contribution in [0.2, 0.25) is 0 Å². The summed E-state index contributed by atoms with van der Waals surface area (Å²) in [6.07, 6.45) is -3.35. The second kappa shape index (κ2) is 6.57. The molecule has 0 aliphatic heterocycles. The van der Waals surface area contributed by atoms with E-state index in [0.29, 0.717) is 19.8 Å². The fraction of sp³-hybridized carbons (Fsp3) is 1.00. The molecule has 1 N–H and O–H groups in total. The minimum atomic E-state index is -4.80. The number of hydrogen-bond acceptors (Lipinski definition) is 1. The molecule has 5 heteroatoms. The molecule has 0 saturated carbocycles.